The summed E-state index contributed by atoms with van der Waals surface area (Å²) in [6.45, 7) is 8.71. The Labute approximate surface area is 427 Å². The zero-order chi connectivity index (χ0) is 49.4. The summed E-state index contributed by atoms with van der Waals surface area (Å²) in [4.78, 5) is 14.9. The number of nitrogens with zero attached hydrogens (tertiary/aromatic N) is 5. The Hall–Kier alpha value is -9.32. The minimum absolute atomic E-state index is 0.714. The molecular formula is C68H53N5. The van der Waals surface area contributed by atoms with Crippen LogP contribution in [0.4, 0.5) is 34.1 Å². The molecule has 12 aromatic rings. The van der Waals surface area contributed by atoms with Crippen LogP contribution in [0.5, 0.6) is 0 Å². The van der Waals surface area contributed by atoms with E-state index in [0.717, 1.165) is 78.8 Å². The summed E-state index contributed by atoms with van der Waals surface area (Å²) < 4.78 is 2.48. The highest BCUT2D eigenvalue weighted by atomic mass is 15.1. The van der Waals surface area contributed by atoms with E-state index < -0.39 is 0 Å². The van der Waals surface area contributed by atoms with Gasteiger partial charge in [-0.1, -0.05) is 157 Å². The zero-order valence-electron chi connectivity index (χ0n) is 41.4. The molecule has 0 aliphatic carbocycles. The van der Waals surface area contributed by atoms with E-state index in [4.69, 9.17) is 9.97 Å². The van der Waals surface area contributed by atoms with Gasteiger partial charge in [-0.15, -0.1) is 0 Å². The molecule has 0 spiro atoms. The molecule has 0 saturated carbocycles. The third kappa shape index (κ3) is 8.72. The fourth-order valence-corrected chi connectivity index (χ4v) is 10.3. The van der Waals surface area contributed by atoms with Crippen LogP contribution in [0, 0.1) is 27.7 Å². The summed E-state index contributed by atoms with van der Waals surface area (Å²) in [5.41, 5.74) is 22.1. The van der Waals surface area contributed by atoms with Crippen LogP contribution in [0.25, 0.3) is 72.5 Å². The van der Waals surface area contributed by atoms with Crippen LogP contribution in [0.2, 0.25) is 0 Å². The Bertz CT molecular complexity index is 3600. The van der Waals surface area contributed by atoms with E-state index in [9.17, 15) is 0 Å². The molecule has 0 radical (unpaired) electrons. The lowest BCUT2D eigenvalue weighted by Gasteiger charge is -2.26. The number of hydrogen-bond acceptors (Lipinski definition) is 4. The topological polar surface area (TPSA) is 37.2 Å². The molecule has 2 heterocycles. The maximum absolute atomic E-state index is 5.14. The first-order chi connectivity index (χ1) is 35.8. The summed E-state index contributed by atoms with van der Waals surface area (Å²) in [5, 5.41) is 2.35. The predicted molar refractivity (Wildman–Crippen MR) is 306 cm³/mol. The van der Waals surface area contributed by atoms with Gasteiger partial charge in [-0.25, -0.2) is 9.97 Å². The van der Waals surface area contributed by atoms with Gasteiger partial charge in [-0.05, 0) is 153 Å². The van der Waals surface area contributed by atoms with E-state index in [2.05, 4.69) is 291 Å². The number of fused-ring (bicyclic) bond motifs is 3. The average Bonchev–Trinajstić information content (AvgIpc) is 3.75. The normalized spacial score (nSPS) is 11.3. The average molecular weight is 940 g/mol. The smallest absolute Gasteiger partial charge is 0.160 e. The van der Waals surface area contributed by atoms with Gasteiger partial charge in [-0.2, -0.15) is 0 Å². The van der Waals surface area contributed by atoms with Crippen LogP contribution in [0.15, 0.2) is 249 Å². The number of aryl methyl sites for hydroxylation is 4. The summed E-state index contributed by atoms with van der Waals surface area (Å²) in [6, 6.07) is 89.1. The monoisotopic (exact) mass is 939 g/mol. The standard InChI is InChI=1S/C68H53N5/c1-46-25-29-51(30-26-46)63-45-64(70-68(69-63)53-31-27-47(2)28-32-53)52-35-33-50(34-36-52)54-41-48(3)67(49(4)42-54)73-65-39-37-59(71(55-17-9-5-10-18-55)56-19-11-6-12-20-56)43-61(65)62-44-60(38-40-66(62)73)72(57-21-13-7-14-22-57)58-23-15-8-16-24-58/h5-45H,1-4H3. The van der Waals surface area contributed by atoms with E-state index in [1.54, 1.807) is 0 Å². The van der Waals surface area contributed by atoms with Gasteiger partial charge >= 0.3 is 0 Å². The summed E-state index contributed by atoms with van der Waals surface area (Å²) in [7, 11) is 0. The Balaban J connectivity index is 0.978. The number of aromatic nitrogens is 3. The molecule has 2 aromatic heterocycles. The second-order valence-corrected chi connectivity index (χ2v) is 19.0. The molecule has 0 saturated heterocycles. The van der Waals surface area contributed by atoms with E-state index in [1.165, 1.54) is 44.3 Å². The fourth-order valence-electron chi connectivity index (χ4n) is 10.3. The molecule has 0 amide bonds. The molecule has 10 aromatic carbocycles. The Morgan fingerprint density at radius 3 is 1.05 bits per heavy atom. The molecule has 73 heavy (non-hydrogen) atoms. The first kappa shape index (κ1) is 44.9. The van der Waals surface area contributed by atoms with Crippen molar-refractivity contribution in [1.29, 1.82) is 0 Å². The van der Waals surface area contributed by atoms with Crippen molar-refractivity contribution in [1.82, 2.24) is 14.5 Å². The van der Waals surface area contributed by atoms with Gasteiger partial charge in [0.2, 0.25) is 0 Å². The van der Waals surface area contributed by atoms with Crippen molar-refractivity contribution in [3.8, 4) is 50.7 Å². The third-order valence-corrected chi connectivity index (χ3v) is 13.9. The highest BCUT2D eigenvalue weighted by Gasteiger charge is 2.22. The zero-order valence-corrected chi connectivity index (χ0v) is 41.4. The van der Waals surface area contributed by atoms with E-state index in [-0.39, 0.29) is 0 Å². The minimum atomic E-state index is 0.714. The van der Waals surface area contributed by atoms with Crippen molar-refractivity contribution < 1.29 is 0 Å². The number of benzene rings is 10. The molecule has 350 valence electrons. The second kappa shape index (κ2) is 19.1. The van der Waals surface area contributed by atoms with Crippen molar-refractivity contribution in [2.75, 3.05) is 9.80 Å². The van der Waals surface area contributed by atoms with Crippen LogP contribution in [0.1, 0.15) is 22.3 Å². The van der Waals surface area contributed by atoms with Gasteiger partial charge < -0.3 is 14.4 Å². The molecule has 0 aliphatic heterocycles. The Morgan fingerprint density at radius 1 is 0.301 bits per heavy atom. The van der Waals surface area contributed by atoms with Gasteiger partial charge in [0, 0.05) is 61.6 Å². The van der Waals surface area contributed by atoms with E-state index >= 15 is 0 Å². The summed E-state index contributed by atoms with van der Waals surface area (Å²) >= 11 is 0. The van der Waals surface area contributed by atoms with Crippen molar-refractivity contribution in [3.05, 3.63) is 271 Å². The SMILES string of the molecule is Cc1ccc(-c2cc(-c3ccc(-c4cc(C)c(-n5c6ccc(N(c7ccccc7)c7ccccc7)cc6c6cc(N(c7ccccc7)c7ccccc7)ccc65)c(C)c4)cc3)nc(-c3ccc(C)cc3)n2)cc1. The number of para-hydroxylation sites is 4. The molecule has 0 bridgehead atoms. The molecule has 0 aliphatic rings. The third-order valence-electron chi connectivity index (χ3n) is 13.9. The lowest BCUT2D eigenvalue weighted by Crippen LogP contribution is -2.09. The summed E-state index contributed by atoms with van der Waals surface area (Å²) in [6.07, 6.45) is 0. The lowest BCUT2D eigenvalue weighted by atomic mass is 9.97. The van der Waals surface area contributed by atoms with Crippen LogP contribution >= 0.6 is 0 Å². The Kier molecular flexibility index (Phi) is 11.7. The molecule has 5 heteroatoms. The van der Waals surface area contributed by atoms with Gasteiger partial charge in [0.1, 0.15) is 0 Å². The molecule has 12 rings (SSSR count). The maximum atomic E-state index is 5.14. The molecule has 5 nitrogen and oxygen atoms in total. The number of rotatable bonds is 11. The quantitative estimate of drug-likeness (QED) is 0.129. The van der Waals surface area contributed by atoms with Gasteiger partial charge in [0.15, 0.2) is 5.82 Å². The first-order valence-corrected chi connectivity index (χ1v) is 25.0. The van der Waals surface area contributed by atoms with E-state index in [1.807, 2.05) is 0 Å². The Morgan fingerprint density at radius 2 is 0.658 bits per heavy atom. The number of hydrogen-bond donors (Lipinski definition) is 0. The highest BCUT2D eigenvalue weighted by Crippen LogP contribution is 2.44. The van der Waals surface area contributed by atoms with Gasteiger partial charge in [-0.3, -0.25) is 0 Å². The van der Waals surface area contributed by atoms with Gasteiger partial charge in [0.05, 0.1) is 28.1 Å². The minimum Gasteiger partial charge on any atom is -0.310 e. The predicted octanol–water partition coefficient (Wildman–Crippen LogP) is 18.4. The molecule has 0 unspecified atom stereocenters. The second-order valence-electron chi connectivity index (χ2n) is 19.0. The van der Waals surface area contributed by atoms with Crippen molar-refractivity contribution in [2.45, 2.75) is 27.7 Å². The molecule has 0 N–H and O–H groups in total. The maximum Gasteiger partial charge on any atom is 0.160 e. The lowest BCUT2D eigenvalue weighted by molar-refractivity contribution is 1.12. The van der Waals surface area contributed by atoms with Crippen LogP contribution in [0.3, 0.4) is 0 Å². The van der Waals surface area contributed by atoms with Gasteiger partial charge in [0.25, 0.3) is 0 Å². The largest absolute Gasteiger partial charge is 0.310 e. The molecular weight excluding hydrogens is 887 g/mol. The van der Waals surface area contributed by atoms with Crippen molar-refractivity contribution in [2.24, 2.45) is 0 Å². The van der Waals surface area contributed by atoms with E-state index in [0.29, 0.717) is 5.82 Å². The highest BCUT2D eigenvalue weighted by molar-refractivity contribution is 6.12. The van der Waals surface area contributed by atoms with Crippen molar-refractivity contribution in [3.63, 3.8) is 0 Å². The number of anilines is 6. The van der Waals surface area contributed by atoms with Crippen LogP contribution in [-0.4, -0.2) is 14.5 Å². The molecule has 0 fully saturated rings. The van der Waals surface area contributed by atoms with Crippen LogP contribution < -0.4 is 9.80 Å². The first-order valence-electron chi connectivity index (χ1n) is 25.0. The fraction of sp³-hybridized carbons (Fsp3) is 0.0588. The van der Waals surface area contributed by atoms with Crippen molar-refractivity contribution >= 4 is 55.9 Å². The molecule has 0 atom stereocenters. The summed E-state index contributed by atoms with van der Waals surface area (Å²) in [5.74, 6) is 0.714. The van der Waals surface area contributed by atoms with Crippen LogP contribution in [-0.2, 0) is 0 Å².